The summed E-state index contributed by atoms with van der Waals surface area (Å²) < 4.78 is 5.40. The van der Waals surface area contributed by atoms with E-state index in [0.29, 0.717) is 32.4 Å². The van der Waals surface area contributed by atoms with E-state index in [2.05, 4.69) is 10.2 Å². The first-order valence-corrected chi connectivity index (χ1v) is 9.83. The van der Waals surface area contributed by atoms with Gasteiger partial charge < -0.3 is 15.0 Å². The second-order valence-electron chi connectivity index (χ2n) is 6.05. The predicted octanol–water partition coefficient (Wildman–Crippen LogP) is 5.32. The smallest absolute Gasteiger partial charge is 0.257 e. The number of ether oxygens (including phenoxy) is 1. The lowest BCUT2D eigenvalue weighted by molar-refractivity contribution is -0.123. The molecular formula is C19H20Cl4N2O2. The van der Waals surface area contributed by atoms with Crippen LogP contribution in [0.25, 0.3) is 0 Å². The van der Waals surface area contributed by atoms with Gasteiger partial charge in [0.05, 0.1) is 15.1 Å². The van der Waals surface area contributed by atoms with Crippen LogP contribution in [-0.4, -0.2) is 37.6 Å². The van der Waals surface area contributed by atoms with Crippen LogP contribution >= 0.6 is 46.4 Å². The minimum Gasteiger partial charge on any atom is -0.482 e. The molecule has 0 aliphatic heterocycles. The van der Waals surface area contributed by atoms with Gasteiger partial charge in [-0.2, -0.15) is 0 Å². The highest BCUT2D eigenvalue weighted by Gasteiger charge is 2.07. The molecular weight excluding hydrogens is 430 g/mol. The van der Waals surface area contributed by atoms with Crippen LogP contribution in [0.15, 0.2) is 36.4 Å². The van der Waals surface area contributed by atoms with Gasteiger partial charge in [-0.3, -0.25) is 4.79 Å². The number of hydrogen-bond donors (Lipinski definition) is 1. The van der Waals surface area contributed by atoms with Crippen molar-refractivity contribution in [2.75, 3.05) is 26.7 Å². The minimum atomic E-state index is -0.201. The first-order valence-electron chi connectivity index (χ1n) is 8.32. The third kappa shape index (κ3) is 7.76. The van der Waals surface area contributed by atoms with Crippen molar-refractivity contribution in [2.45, 2.75) is 13.0 Å². The Kier molecular flexibility index (Phi) is 9.00. The number of carbonyl (C=O) groups is 1. The summed E-state index contributed by atoms with van der Waals surface area (Å²) in [4.78, 5) is 14.0. The van der Waals surface area contributed by atoms with E-state index in [-0.39, 0.29) is 12.5 Å². The van der Waals surface area contributed by atoms with E-state index in [1.807, 2.05) is 19.2 Å². The average molecular weight is 450 g/mol. The van der Waals surface area contributed by atoms with Crippen molar-refractivity contribution < 1.29 is 9.53 Å². The molecule has 0 aromatic heterocycles. The zero-order valence-corrected chi connectivity index (χ0v) is 17.8. The Morgan fingerprint density at radius 3 is 2.52 bits per heavy atom. The molecule has 1 amide bonds. The van der Waals surface area contributed by atoms with Gasteiger partial charge >= 0.3 is 0 Å². The van der Waals surface area contributed by atoms with Gasteiger partial charge in [-0.25, -0.2) is 0 Å². The molecule has 0 atom stereocenters. The molecule has 4 nitrogen and oxygen atoms in total. The third-order valence-corrected chi connectivity index (χ3v) is 5.00. The number of rotatable bonds is 9. The van der Waals surface area contributed by atoms with Crippen LogP contribution in [0.3, 0.4) is 0 Å². The van der Waals surface area contributed by atoms with E-state index in [1.165, 1.54) is 0 Å². The van der Waals surface area contributed by atoms with Crippen LogP contribution in [0.5, 0.6) is 5.75 Å². The molecule has 0 aliphatic carbocycles. The Balaban J connectivity index is 1.63. The number of amides is 1. The van der Waals surface area contributed by atoms with Crippen molar-refractivity contribution in [1.29, 1.82) is 0 Å². The molecule has 0 fully saturated rings. The lowest BCUT2D eigenvalue weighted by atomic mass is 10.2. The van der Waals surface area contributed by atoms with E-state index in [9.17, 15) is 4.79 Å². The highest BCUT2D eigenvalue weighted by atomic mass is 35.5. The van der Waals surface area contributed by atoms with Crippen LogP contribution < -0.4 is 10.1 Å². The molecule has 2 aromatic carbocycles. The molecule has 0 spiro atoms. The minimum absolute atomic E-state index is 0.0968. The summed E-state index contributed by atoms with van der Waals surface area (Å²) in [6, 6.07) is 10.5. The normalized spacial score (nSPS) is 10.9. The van der Waals surface area contributed by atoms with Crippen molar-refractivity contribution >= 4 is 52.3 Å². The van der Waals surface area contributed by atoms with Gasteiger partial charge in [0.1, 0.15) is 5.75 Å². The van der Waals surface area contributed by atoms with Crippen molar-refractivity contribution in [3.05, 3.63) is 62.1 Å². The molecule has 2 aromatic rings. The maximum Gasteiger partial charge on any atom is 0.257 e. The molecule has 0 saturated heterocycles. The lowest BCUT2D eigenvalue weighted by Gasteiger charge is -2.17. The van der Waals surface area contributed by atoms with E-state index in [0.717, 1.165) is 25.1 Å². The Morgan fingerprint density at radius 1 is 1.04 bits per heavy atom. The standard InChI is InChI=1S/C19H20Cl4N2O2/c1-25(11-13-3-5-15(21)16(22)9-13)8-2-7-24-19(26)12-27-18-6-4-14(20)10-17(18)23/h3-6,9-10H,2,7-8,11-12H2,1H3,(H,24,26). The zero-order valence-electron chi connectivity index (χ0n) is 14.8. The highest BCUT2D eigenvalue weighted by molar-refractivity contribution is 6.42. The van der Waals surface area contributed by atoms with Gasteiger partial charge in [0, 0.05) is 18.1 Å². The summed E-state index contributed by atoms with van der Waals surface area (Å²) in [5, 5.41) is 4.81. The van der Waals surface area contributed by atoms with Crippen LogP contribution in [0.1, 0.15) is 12.0 Å². The van der Waals surface area contributed by atoms with Gasteiger partial charge in [0.15, 0.2) is 6.61 Å². The molecule has 27 heavy (non-hydrogen) atoms. The molecule has 0 heterocycles. The van der Waals surface area contributed by atoms with E-state index >= 15 is 0 Å². The van der Waals surface area contributed by atoms with E-state index < -0.39 is 0 Å². The lowest BCUT2D eigenvalue weighted by Crippen LogP contribution is -2.31. The topological polar surface area (TPSA) is 41.6 Å². The molecule has 8 heteroatoms. The third-order valence-electron chi connectivity index (χ3n) is 3.73. The van der Waals surface area contributed by atoms with Crippen molar-refractivity contribution in [3.63, 3.8) is 0 Å². The molecule has 0 bridgehead atoms. The summed E-state index contributed by atoms with van der Waals surface area (Å²) in [5.41, 5.74) is 1.09. The number of carbonyl (C=O) groups excluding carboxylic acids is 1. The van der Waals surface area contributed by atoms with E-state index in [4.69, 9.17) is 51.1 Å². The summed E-state index contributed by atoms with van der Waals surface area (Å²) in [6.45, 7) is 2.04. The zero-order chi connectivity index (χ0) is 19.8. The summed E-state index contributed by atoms with van der Waals surface area (Å²) in [7, 11) is 2.01. The molecule has 146 valence electrons. The second kappa shape index (κ2) is 11.0. The molecule has 2 rings (SSSR count). The van der Waals surface area contributed by atoms with Crippen LogP contribution in [0.2, 0.25) is 20.1 Å². The molecule has 0 saturated carbocycles. The molecule has 0 unspecified atom stereocenters. The quantitative estimate of drug-likeness (QED) is 0.527. The number of hydrogen-bond acceptors (Lipinski definition) is 3. The molecule has 0 radical (unpaired) electrons. The second-order valence-corrected chi connectivity index (χ2v) is 7.71. The maximum atomic E-state index is 11.9. The number of benzene rings is 2. The Hall–Kier alpha value is -1.17. The summed E-state index contributed by atoms with van der Waals surface area (Å²) in [6.07, 6.45) is 0.811. The Bertz CT molecular complexity index is 786. The monoisotopic (exact) mass is 448 g/mol. The molecule has 0 aliphatic rings. The van der Waals surface area contributed by atoms with Gasteiger partial charge in [-0.15, -0.1) is 0 Å². The fourth-order valence-electron chi connectivity index (χ4n) is 2.39. The maximum absolute atomic E-state index is 11.9. The first kappa shape index (κ1) is 22.1. The number of halogens is 4. The van der Waals surface area contributed by atoms with Crippen molar-refractivity contribution in [1.82, 2.24) is 10.2 Å². The van der Waals surface area contributed by atoms with Crippen LogP contribution in [0.4, 0.5) is 0 Å². The Morgan fingerprint density at radius 2 is 1.81 bits per heavy atom. The summed E-state index contributed by atoms with van der Waals surface area (Å²) >= 11 is 23.8. The molecule has 1 N–H and O–H groups in total. The van der Waals surface area contributed by atoms with Gasteiger partial charge in [-0.1, -0.05) is 52.5 Å². The largest absolute Gasteiger partial charge is 0.482 e. The fraction of sp³-hybridized carbons (Fsp3) is 0.316. The fourth-order valence-corrected chi connectivity index (χ4v) is 3.18. The van der Waals surface area contributed by atoms with Crippen LogP contribution in [-0.2, 0) is 11.3 Å². The number of nitrogens with one attached hydrogen (secondary N) is 1. The van der Waals surface area contributed by atoms with Gasteiger partial charge in [0.2, 0.25) is 0 Å². The Labute approximate surface area is 179 Å². The SMILES string of the molecule is CN(CCCNC(=O)COc1ccc(Cl)cc1Cl)Cc1ccc(Cl)c(Cl)c1. The summed E-state index contributed by atoms with van der Waals surface area (Å²) in [5.74, 6) is 0.228. The van der Waals surface area contributed by atoms with E-state index in [1.54, 1.807) is 24.3 Å². The van der Waals surface area contributed by atoms with Crippen molar-refractivity contribution in [3.8, 4) is 5.75 Å². The average Bonchev–Trinajstić information content (AvgIpc) is 2.61. The number of nitrogens with zero attached hydrogens (tertiary/aromatic N) is 1. The van der Waals surface area contributed by atoms with Crippen molar-refractivity contribution in [2.24, 2.45) is 0 Å². The highest BCUT2D eigenvalue weighted by Crippen LogP contribution is 2.27. The van der Waals surface area contributed by atoms with Gasteiger partial charge in [-0.05, 0) is 55.9 Å². The first-order chi connectivity index (χ1) is 12.8. The van der Waals surface area contributed by atoms with Gasteiger partial charge in [0.25, 0.3) is 5.91 Å². The van der Waals surface area contributed by atoms with Crippen LogP contribution in [0, 0.1) is 0 Å². The predicted molar refractivity (Wildman–Crippen MR) is 112 cm³/mol.